The quantitative estimate of drug-likeness (QED) is 0.691. The number of carbonyl (C=O) groups is 2. The van der Waals surface area contributed by atoms with Crippen LogP contribution < -0.4 is 15.4 Å². The summed E-state index contributed by atoms with van der Waals surface area (Å²) < 4.78 is 5.56. The van der Waals surface area contributed by atoms with Gasteiger partial charge in [-0.25, -0.2) is 4.79 Å². The number of fused-ring (bicyclic) bond motifs is 1. The number of amides is 3. The van der Waals surface area contributed by atoms with E-state index in [9.17, 15) is 14.9 Å². The molecule has 3 amide bonds. The van der Waals surface area contributed by atoms with Gasteiger partial charge in [0.25, 0.3) is 0 Å². The number of thiophene rings is 1. The lowest BCUT2D eigenvalue weighted by atomic mass is 10.0. The minimum absolute atomic E-state index is 0.114. The lowest BCUT2D eigenvalue weighted by Crippen LogP contribution is -2.42. The molecule has 1 aliphatic heterocycles. The highest BCUT2D eigenvalue weighted by Crippen LogP contribution is 2.36. The zero-order valence-electron chi connectivity index (χ0n) is 17.0. The maximum atomic E-state index is 12.5. The zero-order valence-corrected chi connectivity index (χ0v) is 17.8. The molecular formula is C22H24N4O3S. The first-order valence-electron chi connectivity index (χ1n) is 9.85. The van der Waals surface area contributed by atoms with Gasteiger partial charge in [0.15, 0.2) is 0 Å². The van der Waals surface area contributed by atoms with E-state index in [1.807, 2.05) is 38.1 Å². The topological polar surface area (TPSA) is 94.5 Å². The number of benzene rings is 1. The number of anilines is 1. The average Bonchev–Trinajstić information content (AvgIpc) is 3.09. The van der Waals surface area contributed by atoms with E-state index in [1.165, 1.54) is 17.4 Å². The van der Waals surface area contributed by atoms with E-state index in [0.29, 0.717) is 49.0 Å². The monoisotopic (exact) mass is 424 g/mol. The maximum Gasteiger partial charge on any atom is 0.317 e. The number of carbonyl (C=O) groups excluding carboxylic acids is 2. The van der Waals surface area contributed by atoms with Crippen LogP contribution in [-0.2, 0) is 17.8 Å². The Morgan fingerprint density at radius 1 is 1.33 bits per heavy atom. The molecule has 2 aromatic rings. The minimum atomic E-state index is -0.322. The van der Waals surface area contributed by atoms with Crippen LogP contribution >= 0.6 is 11.3 Å². The zero-order chi connectivity index (χ0) is 21.5. The SMILES string of the molecule is CCNC(=O)N1CCc2c(sc(NC(=O)C=Cc3ccccc3OCC)c2C#N)C1. The molecule has 0 saturated carbocycles. The van der Waals surface area contributed by atoms with Crippen molar-refractivity contribution in [2.45, 2.75) is 26.8 Å². The average molecular weight is 425 g/mol. The van der Waals surface area contributed by atoms with Gasteiger partial charge in [0, 0.05) is 29.6 Å². The molecule has 156 valence electrons. The summed E-state index contributed by atoms with van der Waals surface area (Å²) in [6, 6.07) is 9.57. The highest BCUT2D eigenvalue weighted by molar-refractivity contribution is 7.16. The molecule has 3 rings (SSSR count). The van der Waals surface area contributed by atoms with Crippen LogP contribution in [0.2, 0.25) is 0 Å². The third kappa shape index (κ3) is 4.81. The molecule has 1 aromatic heterocycles. The number of hydrogen-bond donors (Lipinski definition) is 2. The number of nitriles is 1. The normalized spacial score (nSPS) is 12.9. The second-order valence-corrected chi connectivity index (χ2v) is 7.73. The van der Waals surface area contributed by atoms with Crippen LogP contribution in [0.5, 0.6) is 5.75 Å². The highest BCUT2D eigenvalue weighted by Gasteiger charge is 2.27. The van der Waals surface area contributed by atoms with Gasteiger partial charge in [-0.2, -0.15) is 5.26 Å². The number of nitrogens with zero attached hydrogens (tertiary/aromatic N) is 2. The first-order chi connectivity index (χ1) is 14.6. The van der Waals surface area contributed by atoms with Gasteiger partial charge in [0.2, 0.25) is 5.91 Å². The van der Waals surface area contributed by atoms with E-state index >= 15 is 0 Å². The minimum Gasteiger partial charge on any atom is -0.493 e. The van der Waals surface area contributed by atoms with Gasteiger partial charge in [0.1, 0.15) is 16.8 Å². The molecule has 0 aliphatic carbocycles. The first-order valence-corrected chi connectivity index (χ1v) is 10.7. The van der Waals surface area contributed by atoms with Crippen LogP contribution in [0, 0.1) is 11.3 Å². The van der Waals surface area contributed by atoms with Gasteiger partial charge in [-0.15, -0.1) is 11.3 Å². The van der Waals surface area contributed by atoms with E-state index in [0.717, 1.165) is 16.0 Å². The molecule has 0 radical (unpaired) electrons. The third-order valence-electron chi connectivity index (χ3n) is 4.65. The van der Waals surface area contributed by atoms with Crippen LogP contribution in [0.15, 0.2) is 30.3 Å². The number of nitrogens with one attached hydrogen (secondary N) is 2. The van der Waals surface area contributed by atoms with Crippen molar-refractivity contribution in [3.05, 3.63) is 51.9 Å². The molecule has 0 spiro atoms. The fourth-order valence-corrected chi connectivity index (χ4v) is 4.49. The summed E-state index contributed by atoms with van der Waals surface area (Å²) >= 11 is 1.35. The Morgan fingerprint density at radius 2 is 2.13 bits per heavy atom. The molecule has 2 heterocycles. The Hall–Kier alpha value is -3.31. The molecule has 2 N–H and O–H groups in total. The van der Waals surface area contributed by atoms with Crippen molar-refractivity contribution in [1.29, 1.82) is 5.26 Å². The standard InChI is InChI=1S/C22H24N4O3S/c1-3-24-22(28)26-12-11-16-17(13-23)21(30-19(16)14-26)25-20(27)10-9-15-7-5-6-8-18(15)29-4-2/h5-10H,3-4,11-12,14H2,1-2H3,(H,24,28)(H,25,27). The molecule has 8 heteroatoms. The third-order valence-corrected chi connectivity index (χ3v) is 5.79. The second kappa shape index (κ2) is 9.94. The molecule has 0 fully saturated rings. The molecular weight excluding hydrogens is 400 g/mol. The van der Waals surface area contributed by atoms with E-state index in [2.05, 4.69) is 16.7 Å². The number of ether oxygens (including phenoxy) is 1. The lowest BCUT2D eigenvalue weighted by molar-refractivity contribution is -0.111. The van der Waals surface area contributed by atoms with Crippen molar-refractivity contribution in [2.75, 3.05) is 25.0 Å². The van der Waals surface area contributed by atoms with Gasteiger partial charge < -0.3 is 20.3 Å². The van der Waals surface area contributed by atoms with E-state index in [1.54, 1.807) is 11.0 Å². The summed E-state index contributed by atoms with van der Waals surface area (Å²) in [7, 11) is 0. The number of hydrogen-bond acceptors (Lipinski definition) is 5. The number of para-hydroxylation sites is 1. The van der Waals surface area contributed by atoms with Gasteiger partial charge in [-0.05, 0) is 38.0 Å². The molecule has 0 atom stereocenters. The van der Waals surface area contributed by atoms with Gasteiger partial charge in [-0.1, -0.05) is 18.2 Å². The fourth-order valence-electron chi connectivity index (χ4n) is 3.27. The Balaban J connectivity index is 1.74. The van der Waals surface area contributed by atoms with Crippen LogP contribution in [0.25, 0.3) is 6.08 Å². The van der Waals surface area contributed by atoms with Gasteiger partial charge >= 0.3 is 6.03 Å². The number of urea groups is 1. The summed E-state index contributed by atoms with van der Waals surface area (Å²) in [5.41, 5.74) is 2.21. The van der Waals surface area contributed by atoms with Gasteiger partial charge in [0.05, 0.1) is 18.7 Å². The summed E-state index contributed by atoms with van der Waals surface area (Å²) in [6.45, 7) is 5.87. The van der Waals surface area contributed by atoms with Crippen molar-refractivity contribution in [3.8, 4) is 11.8 Å². The Kier molecular flexibility index (Phi) is 7.09. The second-order valence-electron chi connectivity index (χ2n) is 6.62. The highest BCUT2D eigenvalue weighted by atomic mass is 32.1. The predicted octanol–water partition coefficient (Wildman–Crippen LogP) is 3.76. The fraction of sp³-hybridized carbons (Fsp3) is 0.318. The number of rotatable bonds is 6. The summed E-state index contributed by atoms with van der Waals surface area (Å²) in [6.07, 6.45) is 3.72. The molecule has 0 unspecified atom stereocenters. The van der Waals surface area contributed by atoms with Crippen molar-refractivity contribution in [3.63, 3.8) is 0 Å². The van der Waals surface area contributed by atoms with Crippen LogP contribution in [0.1, 0.15) is 35.4 Å². The van der Waals surface area contributed by atoms with Crippen molar-refractivity contribution < 1.29 is 14.3 Å². The largest absolute Gasteiger partial charge is 0.493 e. The van der Waals surface area contributed by atoms with Crippen LogP contribution in [-0.4, -0.2) is 36.5 Å². The van der Waals surface area contributed by atoms with Crippen molar-refractivity contribution in [1.82, 2.24) is 10.2 Å². The van der Waals surface area contributed by atoms with Crippen LogP contribution in [0.4, 0.5) is 9.80 Å². The first kappa shape index (κ1) is 21.4. The molecule has 1 aliphatic rings. The summed E-state index contributed by atoms with van der Waals surface area (Å²) in [5.74, 6) is 0.385. The smallest absolute Gasteiger partial charge is 0.317 e. The molecule has 1 aromatic carbocycles. The maximum absolute atomic E-state index is 12.5. The Bertz CT molecular complexity index is 1010. The summed E-state index contributed by atoms with van der Waals surface area (Å²) in [4.78, 5) is 27.2. The Labute approximate surface area is 180 Å². The summed E-state index contributed by atoms with van der Waals surface area (Å²) in [5, 5.41) is 15.8. The van der Waals surface area contributed by atoms with Crippen molar-refractivity contribution >= 4 is 34.4 Å². The molecule has 0 saturated heterocycles. The molecule has 30 heavy (non-hydrogen) atoms. The van der Waals surface area contributed by atoms with Crippen LogP contribution in [0.3, 0.4) is 0 Å². The molecule has 7 nitrogen and oxygen atoms in total. The van der Waals surface area contributed by atoms with Gasteiger partial charge in [-0.3, -0.25) is 4.79 Å². The predicted molar refractivity (Wildman–Crippen MR) is 117 cm³/mol. The molecule has 0 bridgehead atoms. The van der Waals surface area contributed by atoms with E-state index in [4.69, 9.17) is 4.74 Å². The van der Waals surface area contributed by atoms with E-state index in [-0.39, 0.29) is 11.9 Å². The van der Waals surface area contributed by atoms with Crippen molar-refractivity contribution in [2.24, 2.45) is 0 Å². The Morgan fingerprint density at radius 3 is 2.87 bits per heavy atom. The lowest BCUT2D eigenvalue weighted by Gasteiger charge is -2.26. The van der Waals surface area contributed by atoms with E-state index < -0.39 is 0 Å².